The van der Waals surface area contributed by atoms with Gasteiger partial charge in [0.15, 0.2) is 5.69 Å². The summed E-state index contributed by atoms with van der Waals surface area (Å²) in [6.07, 6.45) is 3.18. The normalized spacial score (nSPS) is 14.8. The molecule has 0 saturated carbocycles. The minimum atomic E-state index is -0.0894. The Morgan fingerprint density at radius 1 is 0.968 bits per heavy atom. The molecule has 0 N–H and O–H groups in total. The molecule has 1 aliphatic rings. The molecule has 156 valence electrons. The molecule has 2 aromatic carbocycles. The Labute approximate surface area is 189 Å². The lowest BCUT2D eigenvalue weighted by atomic mass is 10.2. The van der Waals surface area contributed by atoms with Crippen LogP contribution in [-0.4, -0.2) is 56.8 Å². The Kier molecular flexibility index (Phi) is 5.63. The predicted octanol–water partition coefficient (Wildman–Crippen LogP) is 4.36. The smallest absolute Gasteiger partial charge is 0.274 e. The fraction of sp³-hybridized carbons (Fsp3) is 0.217. The lowest BCUT2D eigenvalue weighted by Gasteiger charge is -2.34. The van der Waals surface area contributed by atoms with Crippen molar-refractivity contribution in [2.45, 2.75) is 6.54 Å². The first-order valence-corrected chi connectivity index (χ1v) is 11.3. The summed E-state index contributed by atoms with van der Waals surface area (Å²) in [6, 6.07) is 15.8. The number of hydrogen-bond acceptors (Lipinski definition) is 6. The largest absolute Gasteiger partial charge is 0.335 e. The Balaban J connectivity index is 1.30. The number of rotatable bonds is 4. The minimum Gasteiger partial charge on any atom is -0.335 e. The number of nitrogens with zero attached hydrogens (tertiary/aromatic N) is 5. The van der Waals surface area contributed by atoms with Crippen LogP contribution >= 0.6 is 22.9 Å². The number of piperazine rings is 1. The van der Waals surface area contributed by atoms with Gasteiger partial charge in [-0.3, -0.25) is 9.69 Å². The fourth-order valence-corrected chi connectivity index (χ4v) is 4.82. The van der Waals surface area contributed by atoms with Crippen LogP contribution in [0.2, 0.25) is 5.02 Å². The molecule has 0 unspecified atom stereocenters. The van der Waals surface area contributed by atoms with Crippen LogP contribution < -0.4 is 0 Å². The number of benzene rings is 2. The van der Waals surface area contributed by atoms with Gasteiger partial charge in [0.2, 0.25) is 0 Å². The van der Waals surface area contributed by atoms with Crippen LogP contribution in [0.5, 0.6) is 0 Å². The molecule has 0 aliphatic carbocycles. The van der Waals surface area contributed by atoms with Crippen molar-refractivity contribution in [3.05, 3.63) is 77.2 Å². The summed E-state index contributed by atoms with van der Waals surface area (Å²) in [6.45, 7) is 3.78. The van der Waals surface area contributed by atoms with Crippen molar-refractivity contribution in [3.63, 3.8) is 0 Å². The third-order valence-corrected chi connectivity index (χ3v) is 6.67. The quantitative estimate of drug-likeness (QED) is 0.463. The van der Waals surface area contributed by atoms with Crippen LogP contribution in [0.25, 0.3) is 20.9 Å². The van der Waals surface area contributed by atoms with Crippen LogP contribution in [0.1, 0.15) is 16.1 Å². The Morgan fingerprint density at radius 3 is 2.48 bits per heavy atom. The predicted molar refractivity (Wildman–Crippen MR) is 123 cm³/mol. The molecule has 0 radical (unpaired) electrons. The highest BCUT2D eigenvalue weighted by Crippen LogP contribution is 2.30. The monoisotopic (exact) mass is 449 g/mol. The lowest BCUT2D eigenvalue weighted by Crippen LogP contribution is -2.48. The van der Waals surface area contributed by atoms with Gasteiger partial charge in [0.1, 0.15) is 10.7 Å². The van der Waals surface area contributed by atoms with E-state index in [0.717, 1.165) is 39.9 Å². The minimum absolute atomic E-state index is 0.0894. The third-order valence-electron chi connectivity index (χ3n) is 5.38. The number of hydrogen-bond donors (Lipinski definition) is 0. The van der Waals surface area contributed by atoms with Gasteiger partial charge in [-0.05, 0) is 29.8 Å². The van der Waals surface area contributed by atoms with Gasteiger partial charge >= 0.3 is 0 Å². The van der Waals surface area contributed by atoms with Crippen LogP contribution in [-0.2, 0) is 6.54 Å². The number of para-hydroxylation sites is 1. The number of thiazole rings is 1. The number of amides is 1. The average molecular weight is 450 g/mol. The van der Waals surface area contributed by atoms with E-state index in [4.69, 9.17) is 11.6 Å². The van der Waals surface area contributed by atoms with E-state index in [1.165, 1.54) is 16.9 Å². The topological polar surface area (TPSA) is 62.2 Å². The third kappa shape index (κ3) is 4.30. The Bertz CT molecular complexity index is 1190. The van der Waals surface area contributed by atoms with Gasteiger partial charge in [0, 0.05) is 50.1 Å². The number of carbonyl (C=O) groups excluding carboxylic acids is 1. The maximum atomic E-state index is 13.3. The van der Waals surface area contributed by atoms with E-state index in [0.29, 0.717) is 24.5 Å². The molecular formula is C23H20ClN5OS. The number of halogens is 1. The van der Waals surface area contributed by atoms with Crippen molar-refractivity contribution in [2.75, 3.05) is 26.2 Å². The molecule has 31 heavy (non-hydrogen) atoms. The second kappa shape index (κ2) is 8.70. The van der Waals surface area contributed by atoms with E-state index in [2.05, 4.69) is 19.9 Å². The van der Waals surface area contributed by atoms with E-state index in [-0.39, 0.29) is 5.91 Å². The van der Waals surface area contributed by atoms with Crippen molar-refractivity contribution in [2.24, 2.45) is 0 Å². The van der Waals surface area contributed by atoms with Crippen LogP contribution in [0.3, 0.4) is 0 Å². The molecule has 1 saturated heterocycles. The van der Waals surface area contributed by atoms with Gasteiger partial charge in [0.05, 0.1) is 10.2 Å². The van der Waals surface area contributed by atoms with Crippen molar-refractivity contribution < 1.29 is 4.79 Å². The SMILES string of the molecule is O=C(c1nccnc1-c1nc2ccccc2s1)N1CCN(Cc2ccc(Cl)cc2)CC1. The van der Waals surface area contributed by atoms with Crippen LogP contribution in [0.15, 0.2) is 60.9 Å². The molecule has 4 aromatic rings. The molecule has 1 amide bonds. The zero-order chi connectivity index (χ0) is 21.2. The fourth-order valence-electron chi connectivity index (χ4n) is 3.73. The lowest BCUT2D eigenvalue weighted by molar-refractivity contribution is 0.0623. The van der Waals surface area contributed by atoms with E-state index < -0.39 is 0 Å². The Hall–Kier alpha value is -2.87. The maximum absolute atomic E-state index is 13.3. The van der Waals surface area contributed by atoms with Gasteiger partial charge in [-0.2, -0.15) is 0 Å². The van der Waals surface area contributed by atoms with Crippen molar-refractivity contribution in [1.82, 2.24) is 24.8 Å². The molecule has 5 rings (SSSR count). The summed E-state index contributed by atoms with van der Waals surface area (Å²) in [5.41, 5.74) is 3.04. The first-order chi connectivity index (χ1) is 15.2. The molecule has 1 aliphatic heterocycles. The highest BCUT2D eigenvalue weighted by molar-refractivity contribution is 7.21. The van der Waals surface area contributed by atoms with Crippen LogP contribution in [0, 0.1) is 0 Å². The molecule has 0 atom stereocenters. The molecule has 0 bridgehead atoms. The summed E-state index contributed by atoms with van der Waals surface area (Å²) in [7, 11) is 0. The zero-order valence-electron chi connectivity index (χ0n) is 16.7. The highest BCUT2D eigenvalue weighted by Gasteiger charge is 2.26. The summed E-state index contributed by atoms with van der Waals surface area (Å²) < 4.78 is 1.07. The van der Waals surface area contributed by atoms with Gasteiger partial charge in [-0.25, -0.2) is 15.0 Å². The molecule has 0 spiro atoms. The average Bonchev–Trinajstić information content (AvgIpc) is 3.25. The molecule has 6 nitrogen and oxygen atoms in total. The van der Waals surface area contributed by atoms with Gasteiger partial charge in [0.25, 0.3) is 5.91 Å². The summed E-state index contributed by atoms with van der Waals surface area (Å²) in [5.74, 6) is -0.0894. The highest BCUT2D eigenvalue weighted by atomic mass is 35.5. The molecular weight excluding hydrogens is 430 g/mol. The summed E-state index contributed by atoms with van der Waals surface area (Å²) in [5, 5.41) is 1.46. The van der Waals surface area contributed by atoms with Gasteiger partial charge in [-0.1, -0.05) is 35.9 Å². The molecule has 2 aromatic heterocycles. The van der Waals surface area contributed by atoms with Crippen LogP contribution in [0.4, 0.5) is 0 Å². The summed E-state index contributed by atoms with van der Waals surface area (Å²) >= 11 is 7.50. The zero-order valence-corrected chi connectivity index (χ0v) is 18.3. The van der Waals surface area contributed by atoms with Crippen molar-refractivity contribution in [1.29, 1.82) is 0 Å². The second-order valence-corrected chi connectivity index (χ2v) is 8.90. The Morgan fingerprint density at radius 2 is 1.71 bits per heavy atom. The first kappa shape index (κ1) is 20.1. The summed E-state index contributed by atoms with van der Waals surface area (Å²) in [4.78, 5) is 31.0. The molecule has 3 heterocycles. The van der Waals surface area contributed by atoms with E-state index >= 15 is 0 Å². The maximum Gasteiger partial charge on any atom is 0.274 e. The number of carbonyl (C=O) groups is 1. The van der Waals surface area contributed by atoms with Crippen molar-refractivity contribution >= 4 is 39.1 Å². The van der Waals surface area contributed by atoms with E-state index in [1.807, 2.05) is 53.4 Å². The second-order valence-electron chi connectivity index (χ2n) is 7.44. The number of aromatic nitrogens is 3. The van der Waals surface area contributed by atoms with Gasteiger partial charge < -0.3 is 4.90 Å². The van der Waals surface area contributed by atoms with E-state index in [1.54, 1.807) is 12.4 Å². The first-order valence-electron chi connectivity index (χ1n) is 10.1. The molecule has 1 fully saturated rings. The van der Waals surface area contributed by atoms with Crippen molar-refractivity contribution in [3.8, 4) is 10.7 Å². The standard InChI is InChI=1S/C23H20ClN5OS/c24-17-7-5-16(6-8-17)15-28-11-13-29(14-12-28)23(30)21-20(25-9-10-26-21)22-27-18-3-1-2-4-19(18)31-22/h1-10H,11-15H2. The molecule has 8 heteroatoms. The van der Waals surface area contributed by atoms with E-state index in [9.17, 15) is 4.79 Å². The van der Waals surface area contributed by atoms with Gasteiger partial charge in [-0.15, -0.1) is 11.3 Å². The number of fused-ring (bicyclic) bond motifs is 1.